The van der Waals surface area contributed by atoms with Crippen LogP contribution >= 0.6 is 0 Å². The van der Waals surface area contributed by atoms with Crippen molar-refractivity contribution in [2.75, 3.05) is 99.1 Å². The molecule has 0 aromatic heterocycles. The molecule has 0 heterocycles. The second-order valence-corrected chi connectivity index (χ2v) is 5.24. The number of esters is 1. The average molecular weight is 408 g/mol. The second kappa shape index (κ2) is 24.0. The third-order valence-corrected chi connectivity index (χ3v) is 3.07. The molecule has 0 rings (SSSR count). The van der Waals surface area contributed by atoms with E-state index in [9.17, 15) is 4.79 Å². The molecule has 0 aromatic rings. The van der Waals surface area contributed by atoms with Crippen molar-refractivity contribution in [3.05, 3.63) is 12.7 Å². The van der Waals surface area contributed by atoms with Crippen LogP contribution in [0.1, 0.15) is 6.92 Å². The highest BCUT2D eigenvalue weighted by molar-refractivity contribution is 5.81. The molecule has 0 atom stereocenters. The molecule has 9 nitrogen and oxygen atoms in total. The molecule has 0 aliphatic rings. The molecule has 0 N–H and O–H groups in total. The number of hydrogen-bond acceptors (Lipinski definition) is 9. The highest BCUT2D eigenvalue weighted by Gasteiger charge is 1.96. The summed E-state index contributed by atoms with van der Waals surface area (Å²) in [6.45, 7) is 12.8. The summed E-state index contributed by atoms with van der Waals surface area (Å²) in [5, 5.41) is 0. The van der Waals surface area contributed by atoms with Gasteiger partial charge in [-0.15, -0.1) is 0 Å². The summed E-state index contributed by atoms with van der Waals surface area (Å²) in [5.74, 6) is -0.452. The summed E-state index contributed by atoms with van der Waals surface area (Å²) in [5.41, 5.74) is 0. The Labute approximate surface area is 168 Å². The molecule has 0 spiro atoms. The molecule has 9 heteroatoms. The zero-order valence-electron chi connectivity index (χ0n) is 17.1. The van der Waals surface area contributed by atoms with Crippen molar-refractivity contribution in [3.8, 4) is 0 Å². The minimum absolute atomic E-state index is 0.210. The minimum atomic E-state index is -0.452. The Morgan fingerprint density at radius 1 is 0.571 bits per heavy atom. The van der Waals surface area contributed by atoms with Crippen molar-refractivity contribution < 1.29 is 42.7 Å². The molecule has 0 saturated heterocycles. The zero-order valence-corrected chi connectivity index (χ0v) is 17.1. The van der Waals surface area contributed by atoms with Gasteiger partial charge < -0.3 is 37.9 Å². The molecule has 0 radical (unpaired) electrons. The van der Waals surface area contributed by atoms with Gasteiger partial charge in [-0.1, -0.05) is 6.58 Å². The first kappa shape index (κ1) is 26.9. The summed E-state index contributed by atoms with van der Waals surface area (Å²) in [6.07, 6.45) is 1.12. The van der Waals surface area contributed by atoms with Gasteiger partial charge in [0.05, 0.1) is 85.9 Å². The van der Waals surface area contributed by atoms with E-state index in [2.05, 4.69) is 6.58 Å². The van der Waals surface area contributed by atoms with Crippen molar-refractivity contribution in [2.45, 2.75) is 6.92 Å². The lowest BCUT2D eigenvalue weighted by Crippen LogP contribution is -2.15. The summed E-state index contributed by atoms with van der Waals surface area (Å²) < 4.78 is 41.9. The maximum atomic E-state index is 10.8. The molecule has 0 fully saturated rings. The molecular weight excluding hydrogens is 372 g/mol. The molecule has 0 aromatic carbocycles. The van der Waals surface area contributed by atoms with Crippen LogP contribution in [-0.2, 0) is 42.7 Å². The van der Waals surface area contributed by atoms with E-state index in [-0.39, 0.29) is 6.61 Å². The molecule has 0 saturated carbocycles. The SMILES string of the molecule is C=CC(=O)OCCOCCOCCOCCOCCOCCOCCOCC. The van der Waals surface area contributed by atoms with Gasteiger partial charge in [-0.05, 0) is 6.92 Å². The maximum Gasteiger partial charge on any atom is 0.330 e. The predicted molar refractivity (Wildman–Crippen MR) is 103 cm³/mol. The number of rotatable bonds is 23. The van der Waals surface area contributed by atoms with Gasteiger partial charge in [0.25, 0.3) is 0 Å². The molecule has 0 amide bonds. The summed E-state index contributed by atoms with van der Waals surface area (Å²) in [6, 6.07) is 0. The largest absolute Gasteiger partial charge is 0.460 e. The van der Waals surface area contributed by atoms with Gasteiger partial charge in [-0.25, -0.2) is 4.79 Å². The topological polar surface area (TPSA) is 90.9 Å². The first-order valence-corrected chi connectivity index (χ1v) is 9.64. The summed E-state index contributed by atoms with van der Waals surface area (Å²) in [7, 11) is 0. The number of hydrogen-bond donors (Lipinski definition) is 0. The Morgan fingerprint density at radius 3 is 1.14 bits per heavy atom. The van der Waals surface area contributed by atoms with Gasteiger partial charge in [-0.2, -0.15) is 0 Å². The van der Waals surface area contributed by atoms with Gasteiger partial charge in [-0.3, -0.25) is 0 Å². The van der Waals surface area contributed by atoms with E-state index in [1.165, 1.54) is 0 Å². The van der Waals surface area contributed by atoms with E-state index in [0.29, 0.717) is 92.5 Å². The molecule has 28 heavy (non-hydrogen) atoms. The normalized spacial score (nSPS) is 10.9. The van der Waals surface area contributed by atoms with Crippen molar-refractivity contribution in [1.29, 1.82) is 0 Å². The fraction of sp³-hybridized carbons (Fsp3) is 0.842. The monoisotopic (exact) mass is 408 g/mol. The lowest BCUT2D eigenvalue weighted by Gasteiger charge is -2.08. The minimum Gasteiger partial charge on any atom is -0.460 e. The van der Waals surface area contributed by atoms with Crippen LogP contribution in [0.3, 0.4) is 0 Å². The fourth-order valence-corrected chi connectivity index (χ4v) is 1.72. The van der Waals surface area contributed by atoms with E-state index < -0.39 is 5.97 Å². The first-order valence-electron chi connectivity index (χ1n) is 9.64. The van der Waals surface area contributed by atoms with Crippen LogP contribution in [0.5, 0.6) is 0 Å². The Morgan fingerprint density at radius 2 is 0.857 bits per heavy atom. The van der Waals surface area contributed by atoms with Crippen LogP contribution in [0.4, 0.5) is 0 Å². The summed E-state index contributed by atoms with van der Waals surface area (Å²) in [4.78, 5) is 10.8. The Hall–Kier alpha value is -1.07. The van der Waals surface area contributed by atoms with Gasteiger partial charge in [0.15, 0.2) is 0 Å². The van der Waals surface area contributed by atoms with Gasteiger partial charge in [0.1, 0.15) is 6.61 Å². The zero-order chi connectivity index (χ0) is 20.5. The molecule has 0 aliphatic heterocycles. The van der Waals surface area contributed by atoms with Crippen molar-refractivity contribution in [3.63, 3.8) is 0 Å². The number of carbonyl (C=O) groups excluding carboxylic acids is 1. The first-order chi connectivity index (χ1) is 13.8. The average Bonchev–Trinajstić information content (AvgIpc) is 2.71. The fourth-order valence-electron chi connectivity index (χ4n) is 1.72. The summed E-state index contributed by atoms with van der Waals surface area (Å²) >= 11 is 0. The molecule has 0 bridgehead atoms. The van der Waals surface area contributed by atoms with Crippen molar-refractivity contribution in [1.82, 2.24) is 0 Å². The van der Waals surface area contributed by atoms with Gasteiger partial charge >= 0.3 is 5.97 Å². The van der Waals surface area contributed by atoms with E-state index in [1.54, 1.807) is 0 Å². The molecular formula is C19H36O9. The Balaban J connectivity index is 3.01. The van der Waals surface area contributed by atoms with Crippen molar-refractivity contribution >= 4 is 5.97 Å². The molecule has 166 valence electrons. The quantitative estimate of drug-likeness (QED) is 0.139. The van der Waals surface area contributed by atoms with Crippen LogP contribution in [0, 0.1) is 0 Å². The van der Waals surface area contributed by atoms with Crippen LogP contribution in [0.2, 0.25) is 0 Å². The van der Waals surface area contributed by atoms with Gasteiger partial charge in [0, 0.05) is 12.7 Å². The second-order valence-electron chi connectivity index (χ2n) is 5.24. The van der Waals surface area contributed by atoms with Crippen LogP contribution < -0.4 is 0 Å². The predicted octanol–water partition coefficient (Wildman–Crippen LogP) is 0.852. The van der Waals surface area contributed by atoms with Crippen LogP contribution in [0.25, 0.3) is 0 Å². The van der Waals surface area contributed by atoms with E-state index in [0.717, 1.165) is 6.08 Å². The third-order valence-electron chi connectivity index (χ3n) is 3.07. The van der Waals surface area contributed by atoms with Crippen molar-refractivity contribution in [2.24, 2.45) is 0 Å². The molecule has 0 unspecified atom stereocenters. The third kappa shape index (κ3) is 23.0. The van der Waals surface area contributed by atoms with E-state index in [1.807, 2.05) is 6.92 Å². The number of ether oxygens (including phenoxy) is 8. The van der Waals surface area contributed by atoms with Crippen LogP contribution in [0.15, 0.2) is 12.7 Å². The smallest absolute Gasteiger partial charge is 0.330 e. The number of carbonyl (C=O) groups is 1. The van der Waals surface area contributed by atoms with E-state index in [4.69, 9.17) is 37.9 Å². The van der Waals surface area contributed by atoms with E-state index >= 15 is 0 Å². The maximum absolute atomic E-state index is 10.8. The highest BCUT2D eigenvalue weighted by atomic mass is 16.6. The highest BCUT2D eigenvalue weighted by Crippen LogP contribution is 1.86. The lowest BCUT2D eigenvalue weighted by molar-refractivity contribution is -0.139. The van der Waals surface area contributed by atoms with Crippen LogP contribution in [-0.4, -0.2) is 105 Å². The Bertz CT molecular complexity index is 339. The lowest BCUT2D eigenvalue weighted by atomic mass is 10.6. The van der Waals surface area contributed by atoms with Gasteiger partial charge in [0.2, 0.25) is 0 Å². The Kier molecular flexibility index (Phi) is 23.1. The standard InChI is InChI=1S/C19H36O9/c1-3-19(20)28-18-17-27-16-15-26-14-13-25-12-11-24-10-9-23-8-7-22-6-5-21-4-2/h3H,1,4-18H2,2H3. The molecule has 0 aliphatic carbocycles.